The van der Waals surface area contributed by atoms with Gasteiger partial charge in [-0.2, -0.15) is 0 Å². The number of carbonyl (C=O) groups excluding carboxylic acids is 1. The minimum absolute atomic E-state index is 0.0211. The van der Waals surface area contributed by atoms with Crippen molar-refractivity contribution in [3.63, 3.8) is 0 Å². The molecule has 1 aromatic carbocycles. The lowest BCUT2D eigenvalue weighted by Gasteiger charge is -2.25. The Bertz CT molecular complexity index is 434. The number of nitrogens with one attached hydrogen (secondary N) is 1. The Morgan fingerprint density at radius 2 is 2.11 bits per heavy atom. The Morgan fingerprint density at radius 3 is 2.68 bits per heavy atom. The van der Waals surface area contributed by atoms with Gasteiger partial charge in [-0.1, -0.05) is 12.1 Å². The SMILES string of the molecule is CC(C)(C(=O)NCC1CCCO1)c1ccc(N)cc1. The average molecular weight is 262 g/mol. The number of rotatable bonds is 4. The molecule has 1 aliphatic rings. The second kappa shape index (κ2) is 5.61. The van der Waals surface area contributed by atoms with Crippen molar-refractivity contribution in [3.8, 4) is 0 Å². The van der Waals surface area contributed by atoms with Crippen LogP contribution in [0.3, 0.4) is 0 Å². The number of nitrogens with two attached hydrogens (primary N) is 1. The van der Waals surface area contributed by atoms with Gasteiger partial charge in [-0.05, 0) is 44.4 Å². The molecule has 0 aromatic heterocycles. The highest BCUT2D eigenvalue weighted by atomic mass is 16.5. The summed E-state index contributed by atoms with van der Waals surface area (Å²) in [7, 11) is 0. The lowest BCUT2D eigenvalue weighted by molar-refractivity contribution is -0.126. The molecule has 4 nitrogen and oxygen atoms in total. The third kappa shape index (κ3) is 3.26. The minimum atomic E-state index is -0.563. The number of hydrogen-bond donors (Lipinski definition) is 2. The number of benzene rings is 1. The highest BCUT2D eigenvalue weighted by Crippen LogP contribution is 2.24. The van der Waals surface area contributed by atoms with Gasteiger partial charge in [-0.3, -0.25) is 4.79 Å². The summed E-state index contributed by atoms with van der Waals surface area (Å²) in [6, 6.07) is 7.46. The minimum Gasteiger partial charge on any atom is -0.399 e. The summed E-state index contributed by atoms with van der Waals surface area (Å²) in [6.45, 7) is 5.24. The van der Waals surface area contributed by atoms with Crippen molar-refractivity contribution in [1.82, 2.24) is 5.32 Å². The molecule has 4 heteroatoms. The lowest BCUT2D eigenvalue weighted by atomic mass is 9.83. The summed E-state index contributed by atoms with van der Waals surface area (Å²) < 4.78 is 5.51. The summed E-state index contributed by atoms with van der Waals surface area (Å²) in [5, 5.41) is 2.98. The molecule has 1 saturated heterocycles. The van der Waals surface area contributed by atoms with Gasteiger partial charge in [0.25, 0.3) is 0 Å². The number of nitrogen functional groups attached to an aromatic ring is 1. The molecule has 1 amide bonds. The molecule has 0 radical (unpaired) electrons. The highest BCUT2D eigenvalue weighted by Gasteiger charge is 2.30. The summed E-state index contributed by atoms with van der Waals surface area (Å²) in [5.41, 5.74) is 6.78. The van der Waals surface area contributed by atoms with Crippen LogP contribution in [0.25, 0.3) is 0 Å². The second-order valence-corrected chi connectivity index (χ2v) is 5.59. The normalized spacial score (nSPS) is 19.4. The molecule has 19 heavy (non-hydrogen) atoms. The fourth-order valence-electron chi connectivity index (χ4n) is 2.26. The molecule has 0 spiro atoms. The molecule has 0 aliphatic carbocycles. The molecule has 1 aromatic rings. The van der Waals surface area contributed by atoms with Crippen LogP contribution < -0.4 is 11.1 Å². The van der Waals surface area contributed by atoms with Crippen molar-refractivity contribution in [2.75, 3.05) is 18.9 Å². The van der Waals surface area contributed by atoms with Gasteiger partial charge in [-0.25, -0.2) is 0 Å². The van der Waals surface area contributed by atoms with Gasteiger partial charge in [0.2, 0.25) is 5.91 Å². The smallest absolute Gasteiger partial charge is 0.230 e. The molecule has 0 bridgehead atoms. The number of ether oxygens (including phenoxy) is 1. The van der Waals surface area contributed by atoms with E-state index in [-0.39, 0.29) is 12.0 Å². The fourth-order valence-corrected chi connectivity index (χ4v) is 2.26. The molecule has 104 valence electrons. The standard InChI is InChI=1S/C15H22N2O2/c1-15(2,11-5-7-12(16)8-6-11)14(18)17-10-13-4-3-9-19-13/h5-8,13H,3-4,9-10,16H2,1-2H3,(H,17,18). The summed E-state index contributed by atoms with van der Waals surface area (Å²) in [6.07, 6.45) is 2.29. The van der Waals surface area contributed by atoms with Gasteiger partial charge in [0.05, 0.1) is 11.5 Å². The summed E-state index contributed by atoms with van der Waals surface area (Å²) in [4.78, 5) is 12.3. The zero-order valence-corrected chi connectivity index (χ0v) is 11.6. The van der Waals surface area contributed by atoms with E-state index in [2.05, 4.69) is 5.32 Å². The van der Waals surface area contributed by atoms with Crippen LogP contribution in [0.1, 0.15) is 32.3 Å². The van der Waals surface area contributed by atoms with Crippen LogP contribution in [-0.2, 0) is 14.9 Å². The van der Waals surface area contributed by atoms with Crippen LogP contribution in [0.4, 0.5) is 5.69 Å². The van der Waals surface area contributed by atoms with E-state index in [1.54, 1.807) is 0 Å². The molecular formula is C15H22N2O2. The van der Waals surface area contributed by atoms with E-state index < -0.39 is 5.41 Å². The topological polar surface area (TPSA) is 64.3 Å². The Hall–Kier alpha value is -1.55. The first-order chi connectivity index (χ1) is 9.00. The first kappa shape index (κ1) is 13.9. The van der Waals surface area contributed by atoms with Gasteiger partial charge in [0.1, 0.15) is 0 Å². The fraction of sp³-hybridized carbons (Fsp3) is 0.533. The van der Waals surface area contributed by atoms with E-state index >= 15 is 0 Å². The van der Waals surface area contributed by atoms with Gasteiger partial charge in [0.15, 0.2) is 0 Å². The Balaban J connectivity index is 1.97. The van der Waals surface area contributed by atoms with E-state index in [0.717, 1.165) is 25.0 Å². The van der Waals surface area contributed by atoms with Gasteiger partial charge in [0, 0.05) is 18.8 Å². The first-order valence-corrected chi connectivity index (χ1v) is 6.76. The number of hydrogen-bond acceptors (Lipinski definition) is 3. The van der Waals surface area contributed by atoms with Crippen LogP contribution >= 0.6 is 0 Å². The molecule has 1 heterocycles. The van der Waals surface area contributed by atoms with Crippen LogP contribution in [0.2, 0.25) is 0 Å². The van der Waals surface area contributed by atoms with Crippen LogP contribution in [-0.4, -0.2) is 25.2 Å². The van der Waals surface area contributed by atoms with Crippen LogP contribution in [0, 0.1) is 0 Å². The Kier molecular flexibility index (Phi) is 4.10. The van der Waals surface area contributed by atoms with E-state index in [1.165, 1.54) is 0 Å². The maximum absolute atomic E-state index is 12.3. The third-order valence-corrected chi connectivity index (χ3v) is 3.71. The number of amides is 1. The molecule has 1 unspecified atom stereocenters. The average Bonchev–Trinajstić information content (AvgIpc) is 2.89. The van der Waals surface area contributed by atoms with Crippen molar-refractivity contribution in [2.45, 2.75) is 38.2 Å². The van der Waals surface area contributed by atoms with Gasteiger partial charge < -0.3 is 15.8 Å². The number of carbonyl (C=O) groups is 1. The quantitative estimate of drug-likeness (QED) is 0.814. The maximum atomic E-state index is 12.3. The van der Waals surface area contributed by atoms with Crippen molar-refractivity contribution >= 4 is 11.6 Å². The Morgan fingerprint density at radius 1 is 1.42 bits per heavy atom. The number of anilines is 1. The molecule has 2 rings (SSSR count). The predicted molar refractivity (Wildman–Crippen MR) is 75.9 cm³/mol. The lowest BCUT2D eigenvalue weighted by Crippen LogP contribution is -2.43. The van der Waals surface area contributed by atoms with E-state index in [1.807, 2.05) is 38.1 Å². The van der Waals surface area contributed by atoms with Crippen molar-refractivity contribution in [3.05, 3.63) is 29.8 Å². The largest absolute Gasteiger partial charge is 0.399 e. The molecule has 1 fully saturated rings. The maximum Gasteiger partial charge on any atom is 0.230 e. The van der Waals surface area contributed by atoms with E-state index in [0.29, 0.717) is 12.2 Å². The molecule has 0 saturated carbocycles. The molecule has 1 atom stereocenters. The predicted octanol–water partition coefficient (Wildman–Crippen LogP) is 1.84. The van der Waals surface area contributed by atoms with Crippen LogP contribution in [0.5, 0.6) is 0 Å². The highest BCUT2D eigenvalue weighted by molar-refractivity contribution is 5.87. The van der Waals surface area contributed by atoms with Crippen molar-refractivity contribution in [1.29, 1.82) is 0 Å². The van der Waals surface area contributed by atoms with Crippen molar-refractivity contribution in [2.24, 2.45) is 0 Å². The van der Waals surface area contributed by atoms with Crippen molar-refractivity contribution < 1.29 is 9.53 Å². The summed E-state index contributed by atoms with van der Waals surface area (Å²) >= 11 is 0. The third-order valence-electron chi connectivity index (χ3n) is 3.71. The second-order valence-electron chi connectivity index (χ2n) is 5.59. The zero-order chi connectivity index (χ0) is 13.9. The van der Waals surface area contributed by atoms with E-state index in [4.69, 9.17) is 10.5 Å². The Labute approximate surface area is 114 Å². The molecule has 3 N–H and O–H groups in total. The molecular weight excluding hydrogens is 240 g/mol. The monoisotopic (exact) mass is 262 g/mol. The summed E-state index contributed by atoms with van der Waals surface area (Å²) in [5.74, 6) is 0.0211. The van der Waals surface area contributed by atoms with Crippen LogP contribution in [0.15, 0.2) is 24.3 Å². The first-order valence-electron chi connectivity index (χ1n) is 6.76. The van der Waals surface area contributed by atoms with E-state index in [9.17, 15) is 4.79 Å². The van der Waals surface area contributed by atoms with Gasteiger partial charge in [-0.15, -0.1) is 0 Å². The molecule has 1 aliphatic heterocycles. The van der Waals surface area contributed by atoms with Gasteiger partial charge >= 0.3 is 0 Å². The zero-order valence-electron chi connectivity index (χ0n) is 11.6.